The lowest BCUT2D eigenvalue weighted by molar-refractivity contribution is 0.415. The zero-order chi connectivity index (χ0) is 18.7. The SMILES string of the molecule is COc1ccc2c(OP(=O)(c3ccccc3)c3ccccc3)cccc2c1. The summed E-state index contributed by atoms with van der Waals surface area (Å²) in [6.45, 7) is 0. The summed E-state index contributed by atoms with van der Waals surface area (Å²) in [5, 5.41) is 3.20. The first-order valence-electron chi connectivity index (χ1n) is 8.68. The highest BCUT2D eigenvalue weighted by Crippen LogP contribution is 2.47. The van der Waals surface area contributed by atoms with E-state index in [1.54, 1.807) is 7.11 Å². The van der Waals surface area contributed by atoms with Crippen LogP contribution in [0.3, 0.4) is 0 Å². The molecule has 0 spiro atoms. The fraction of sp³-hybridized carbons (Fsp3) is 0.0435. The van der Waals surface area contributed by atoms with Crippen molar-refractivity contribution in [3.05, 3.63) is 97.1 Å². The Morgan fingerprint density at radius 2 is 1.33 bits per heavy atom. The Bertz CT molecular complexity index is 1060. The fourth-order valence-electron chi connectivity index (χ4n) is 3.08. The van der Waals surface area contributed by atoms with Crippen LogP contribution < -0.4 is 19.9 Å². The highest BCUT2D eigenvalue weighted by molar-refractivity contribution is 7.74. The quantitative estimate of drug-likeness (QED) is 0.453. The minimum atomic E-state index is -3.30. The molecular weight excluding hydrogens is 355 g/mol. The summed E-state index contributed by atoms with van der Waals surface area (Å²) < 4.78 is 25.7. The molecule has 4 rings (SSSR count). The van der Waals surface area contributed by atoms with Gasteiger partial charge in [-0.3, -0.25) is 4.57 Å². The van der Waals surface area contributed by atoms with Gasteiger partial charge >= 0.3 is 7.37 Å². The van der Waals surface area contributed by atoms with Crippen LogP contribution in [0.1, 0.15) is 0 Å². The topological polar surface area (TPSA) is 35.5 Å². The van der Waals surface area contributed by atoms with Crippen LogP contribution in [-0.2, 0) is 4.57 Å². The molecule has 0 N–H and O–H groups in total. The zero-order valence-electron chi connectivity index (χ0n) is 14.9. The van der Waals surface area contributed by atoms with Crippen molar-refractivity contribution in [2.75, 3.05) is 7.11 Å². The number of hydrogen-bond acceptors (Lipinski definition) is 3. The second-order valence-corrected chi connectivity index (χ2v) is 8.48. The molecule has 0 atom stereocenters. The molecule has 0 saturated heterocycles. The molecule has 4 heteroatoms. The molecule has 0 radical (unpaired) electrons. The number of ether oxygens (including phenoxy) is 1. The standard InChI is InChI=1S/C23H19O3P/c1-25-19-15-16-22-18(17-19)9-8-14-23(22)26-27(24,20-10-4-2-5-11-20)21-12-6-3-7-13-21/h2-17H,1H3. The molecule has 4 aromatic rings. The van der Waals surface area contributed by atoms with E-state index in [0.29, 0.717) is 16.4 Å². The smallest absolute Gasteiger partial charge is 0.306 e. The van der Waals surface area contributed by atoms with Gasteiger partial charge in [0.15, 0.2) is 0 Å². The summed E-state index contributed by atoms with van der Waals surface area (Å²) in [4.78, 5) is 0. The van der Waals surface area contributed by atoms with E-state index in [-0.39, 0.29) is 0 Å². The van der Waals surface area contributed by atoms with Crippen LogP contribution in [0.2, 0.25) is 0 Å². The van der Waals surface area contributed by atoms with Gasteiger partial charge in [0.25, 0.3) is 0 Å². The minimum absolute atomic E-state index is 0.589. The summed E-state index contributed by atoms with van der Waals surface area (Å²) >= 11 is 0. The third kappa shape index (κ3) is 3.34. The molecule has 0 amide bonds. The Morgan fingerprint density at radius 3 is 1.93 bits per heavy atom. The highest BCUT2D eigenvalue weighted by atomic mass is 31.2. The number of rotatable bonds is 5. The number of methoxy groups -OCH3 is 1. The largest absolute Gasteiger partial charge is 0.497 e. The van der Waals surface area contributed by atoms with Gasteiger partial charge in [0.05, 0.1) is 17.7 Å². The van der Waals surface area contributed by atoms with E-state index in [4.69, 9.17) is 9.26 Å². The van der Waals surface area contributed by atoms with Crippen molar-refractivity contribution in [3.63, 3.8) is 0 Å². The molecule has 0 aromatic heterocycles. The van der Waals surface area contributed by atoms with Gasteiger partial charge in [0, 0.05) is 5.39 Å². The molecule has 0 aliphatic carbocycles. The molecule has 134 valence electrons. The first kappa shape index (κ1) is 17.4. The van der Waals surface area contributed by atoms with Gasteiger partial charge in [0.1, 0.15) is 11.5 Å². The van der Waals surface area contributed by atoms with E-state index < -0.39 is 7.37 Å². The van der Waals surface area contributed by atoms with Crippen LogP contribution in [0, 0.1) is 0 Å². The third-order valence-electron chi connectivity index (χ3n) is 4.47. The minimum Gasteiger partial charge on any atom is -0.497 e. The van der Waals surface area contributed by atoms with Crippen molar-refractivity contribution in [1.29, 1.82) is 0 Å². The molecule has 0 unspecified atom stereocenters. The van der Waals surface area contributed by atoms with Crippen LogP contribution in [0.25, 0.3) is 10.8 Å². The molecular formula is C23H19O3P. The van der Waals surface area contributed by atoms with Crippen LogP contribution in [-0.4, -0.2) is 7.11 Å². The van der Waals surface area contributed by atoms with E-state index in [1.807, 2.05) is 97.1 Å². The van der Waals surface area contributed by atoms with Gasteiger partial charge in [-0.1, -0.05) is 48.5 Å². The molecule has 3 nitrogen and oxygen atoms in total. The van der Waals surface area contributed by atoms with Gasteiger partial charge in [-0.25, -0.2) is 0 Å². The first-order valence-corrected chi connectivity index (χ1v) is 10.3. The van der Waals surface area contributed by atoms with Gasteiger partial charge in [-0.2, -0.15) is 0 Å². The van der Waals surface area contributed by atoms with Crippen molar-refractivity contribution < 1.29 is 13.8 Å². The lowest BCUT2D eigenvalue weighted by Gasteiger charge is -2.21. The summed E-state index contributed by atoms with van der Waals surface area (Å²) in [5.74, 6) is 1.36. The molecule has 0 saturated carbocycles. The van der Waals surface area contributed by atoms with Gasteiger partial charge in [-0.05, 0) is 53.9 Å². The summed E-state index contributed by atoms with van der Waals surface area (Å²) in [6, 6.07) is 30.2. The second-order valence-electron chi connectivity index (χ2n) is 6.16. The van der Waals surface area contributed by atoms with Crippen molar-refractivity contribution >= 4 is 28.8 Å². The van der Waals surface area contributed by atoms with E-state index in [1.165, 1.54) is 0 Å². The second kappa shape index (κ2) is 7.30. The maximum Gasteiger partial charge on any atom is 0.306 e. The van der Waals surface area contributed by atoms with Gasteiger partial charge in [0.2, 0.25) is 0 Å². The first-order chi connectivity index (χ1) is 13.2. The number of fused-ring (bicyclic) bond motifs is 1. The average molecular weight is 374 g/mol. The van der Waals surface area contributed by atoms with Crippen molar-refractivity contribution in [1.82, 2.24) is 0 Å². The van der Waals surface area contributed by atoms with E-state index in [0.717, 1.165) is 16.5 Å². The lowest BCUT2D eigenvalue weighted by Crippen LogP contribution is -2.20. The van der Waals surface area contributed by atoms with Gasteiger partial charge < -0.3 is 9.26 Å². The monoisotopic (exact) mass is 374 g/mol. The van der Waals surface area contributed by atoms with Crippen LogP contribution >= 0.6 is 7.37 Å². The zero-order valence-corrected chi connectivity index (χ0v) is 15.8. The number of hydrogen-bond donors (Lipinski definition) is 0. The van der Waals surface area contributed by atoms with E-state index >= 15 is 0 Å². The normalized spacial score (nSPS) is 11.3. The van der Waals surface area contributed by atoms with Crippen molar-refractivity contribution in [2.24, 2.45) is 0 Å². The Morgan fingerprint density at radius 1 is 0.704 bits per heavy atom. The average Bonchev–Trinajstić information content (AvgIpc) is 2.74. The van der Waals surface area contributed by atoms with Crippen LogP contribution in [0.5, 0.6) is 11.5 Å². The maximum absolute atomic E-state index is 14.1. The molecule has 0 aliphatic heterocycles. The predicted octanol–water partition coefficient (Wildman–Crippen LogP) is 5.16. The van der Waals surface area contributed by atoms with Crippen LogP contribution in [0.15, 0.2) is 97.1 Å². The Hall–Kier alpha value is -3.03. The van der Waals surface area contributed by atoms with Gasteiger partial charge in [-0.15, -0.1) is 0 Å². The molecule has 0 bridgehead atoms. The highest BCUT2D eigenvalue weighted by Gasteiger charge is 2.30. The van der Waals surface area contributed by atoms with E-state index in [9.17, 15) is 4.57 Å². The van der Waals surface area contributed by atoms with Crippen molar-refractivity contribution in [3.8, 4) is 11.5 Å². The predicted molar refractivity (Wildman–Crippen MR) is 111 cm³/mol. The van der Waals surface area contributed by atoms with Crippen LogP contribution in [0.4, 0.5) is 0 Å². The summed E-state index contributed by atoms with van der Waals surface area (Å²) in [7, 11) is -1.66. The molecule has 0 aliphatic rings. The summed E-state index contributed by atoms with van der Waals surface area (Å²) in [5.41, 5.74) is 0. The lowest BCUT2D eigenvalue weighted by atomic mass is 10.1. The maximum atomic E-state index is 14.1. The Labute approximate surface area is 158 Å². The fourth-order valence-corrected chi connectivity index (χ4v) is 5.15. The summed E-state index contributed by atoms with van der Waals surface area (Å²) in [6.07, 6.45) is 0. The Kier molecular flexibility index (Phi) is 4.70. The molecule has 0 fully saturated rings. The molecule has 4 aromatic carbocycles. The third-order valence-corrected chi connectivity index (χ3v) is 6.88. The Balaban J connectivity index is 1.86. The van der Waals surface area contributed by atoms with E-state index in [2.05, 4.69) is 0 Å². The number of benzene rings is 4. The molecule has 0 heterocycles. The molecule has 27 heavy (non-hydrogen) atoms. The van der Waals surface area contributed by atoms with Crippen molar-refractivity contribution in [2.45, 2.75) is 0 Å².